The zero-order chi connectivity index (χ0) is 41.9. The molecule has 0 spiro atoms. The fourth-order valence-electron chi connectivity index (χ4n) is 6.95. The fourth-order valence-corrected chi connectivity index (χ4v) is 6.95. The lowest BCUT2D eigenvalue weighted by atomic mass is 9.78. The van der Waals surface area contributed by atoms with Crippen LogP contribution in [0.5, 0.6) is 0 Å². The molecule has 0 amide bonds. The number of benzene rings is 8. The summed E-state index contributed by atoms with van der Waals surface area (Å²) in [5.74, 6) is 0. The molecule has 0 aliphatic heterocycles. The first-order valence-corrected chi connectivity index (χ1v) is 16.4. The lowest BCUT2D eigenvalue weighted by molar-refractivity contribution is 0.590. The summed E-state index contributed by atoms with van der Waals surface area (Å²) in [6.07, 6.45) is 0. The summed E-state index contributed by atoms with van der Waals surface area (Å²) in [6, 6.07) is 25.0. The van der Waals surface area contributed by atoms with E-state index in [1.54, 1.807) is 6.07 Å². The van der Waals surface area contributed by atoms with Gasteiger partial charge in [0.2, 0.25) is 0 Å². The van der Waals surface area contributed by atoms with E-state index in [0.29, 0.717) is 11.1 Å². The minimum atomic E-state index is -0.438. The second kappa shape index (κ2) is 11.2. The highest BCUT2D eigenvalue weighted by Crippen LogP contribution is 2.48. The maximum absolute atomic E-state index is 9.17. The molecular weight excluding hydrogens is 577 g/mol. The van der Waals surface area contributed by atoms with Gasteiger partial charge < -0.3 is 0 Å². The Morgan fingerprint density at radius 2 is 0.938 bits per heavy atom. The molecule has 48 heavy (non-hydrogen) atoms. The predicted octanol–water partition coefficient (Wildman–Crippen LogP) is 13.9. The molecule has 0 aliphatic carbocycles. The van der Waals surface area contributed by atoms with Crippen LogP contribution in [0.15, 0.2) is 145 Å². The van der Waals surface area contributed by atoms with Crippen LogP contribution in [-0.2, 0) is 10.8 Å². The largest absolute Gasteiger partial charge is 0.0629 e. The first-order chi connectivity index (χ1) is 27.2. The van der Waals surface area contributed by atoms with Gasteiger partial charge in [0.15, 0.2) is 0 Å². The van der Waals surface area contributed by atoms with Gasteiger partial charge in [-0.15, -0.1) is 0 Å². The van der Waals surface area contributed by atoms with E-state index in [0.717, 1.165) is 65.3 Å². The molecule has 0 fully saturated rings. The normalized spacial score (nSPS) is 15.3. The summed E-state index contributed by atoms with van der Waals surface area (Å²) in [6.45, 7) is 12.8. The summed E-state index contributed by atoms with van der Waals surface area (Å²) in [5.41, 5.74) is 4.91. The van der Waals surface area contributed by atoms with E-state index in [4.69, 9.17) is 11.0 Å². The van der Waals surface area contributed by atoms with Gasteiger partial charge in [0, 0.05) is 0 Å². The molecule has 0 unspecified atom stereocenters. The Bertz CT molecular complexity index is 3020. The molecule has 0 radical (unpaired) electrons. The van der Waals surface area contributed by atoms with Gasteiger partial charge in [0.05, 0.1) is 13.7 Å². The second-order valence-electron chi connectivity index (χ2n) is 14.7. The number of rotatable bonds is 3. The summed E-state index contributed by atoms with van der Waals surface area (Å²) in [7, 11) is 0. The third kappa shape index (κ3) is 5.08. The Kier molecular flexibility index (Phi) is 4.88. The third-order valence-electron chi connectivity index (χ3n) is 9.52. The molecule has 0 heteroatoms. The molecule has 0 bridgehead atoms. The number of fused-ring (bicyclic) bond motifs is 5. The zero-order valence-electron chi connectivity index (χ0n) is 38.1. The van der Waals surface area contributed by atoms with Crippen molar-refractivity contribution in [3.8, 4) is 33.4 Å². The monoisotopic (exact) mass is 628 g/mol. The molecular formula is C48H42. The topological polar surface area (TPSA) is 0 Å². The Morgan fingerprint density at radius 3 is 1.54 bits per heavy atom. The van der Waals surface area contributed by atoms with Crippen molar-refractivity contribution < 1.29 is 13.7 Å². The van der Waals surface area contributed by atoms with Crippen LogP contribution in [0, 0.1) is 0 Å². The van der Waals surface area contributed by atoms with Gasteiger partial charge in [-0.3, -0.25) is 0 Å². The second-order valence-corrected chi connectivity index (χ2v) is 14.7. The maximum Gasteiger partial charge on any atom is 0.0629 e. The summed E-state index contributed by atoms with van der Waals surface area (Å²) in [4.78, 5) is 0. The minimum Gasteiger partial charge on any atom is -0.0622 e. The third-order valence-corrected chi connectivity index (χ3v) is 9.52. The fraction of sp³-hybridized carbons (Fsp3) is 0.167. The Labute approximate surface area is 298 Å². The quantitative estimate of drug-likeness (QED) is 0.135. The van der Waals surface area contributed by atoms with E-state index in [1.165, 1.54) is 0 Å². The van der Waals surface area contributed by atoms with Crippen molar-refractivity contribution in [2.45, 2.75) is 52.4 Å². The van der Waals surface area contributed by atoms with Gasteiger partial charge in [-0.1, -0.05) is 163 Å². The SMILES string of the molecule is [2H]c1c([2H])c([2H])c(-c2ccc3cc(-c4c5ccc(C(C)(C)C)cc5c(-c5c([2H])c([2H])c([2H])c([2H])c5[2H])c5ccc(C(C)(C)C)cc45)c4ccccc4c3c2)c([2H])c1[2H]. The molecule has 8 aromatic rings. The highest BCUT2D eigenvalue weighted by atomic mass is 14.3. The van der Waals surface area contributed by atoms with Crippen LogP contribution < -0.4 is 0 Å². The highest BCUT2D eigenvalue weighted by molar-refractivity contribution is 6.26. The van der Waals surface area contributed by atoms with Crippen molar-refractivity contribution in [1.29, 1.82) is 0 Å². The smallest absolute Gasteiger partial charge is 0.0622 e. The minimum absolute atomic E-state index is 0.144. The van der Waals surface area contributed by atoms with Crippen LogP contribution in [0.4, 0.5) is 0 Å². The number of hydrogen-bond donors (Lipinski definition) is 0. The lowest BCUT2D eigenvalue weighted by Gasteiger charge is -2.25. The van der Waals surface area contributed by atoms with Crippen LogP contribution in [0.2, 0.25) is 0 Å². The average Bonchev–Trinajstić information content (AvgIpc) is 3.19. The van der Waals surface area contributed by atoms with E-state index in [-0.39, 0.29) is 70.3 Å². The zero-order valence-corrected chi connectivity index (χ0v) is 28.1. The van der Waals surface area contributed by atoms with Crippen LogP contribution in [0.1, 0.15) is 66.4 Å². The first kappa shape index (κ1) is 20.9. The first-order valence-electron chi connectivity index (χ1n) is 21.4. The molecule has 0 atom stereocenters. The van der Waals surface area contributed by atoms with Gasteiger partial charge >= 0.3 is 0 Å². The highest BCUT2D eigenvalue weighted by Gasteiger charge is 2.23. The molecule has 0 nitrogen and oxygen atoms in total. The van der Waals surface area contributed by atoms with Crippen LogP contribution in [0.25, 0.3) is 76.5 Å². The van der Waals surface area contributed by atoms with Crippen molar-refractivity contribution in [3.05, 3.63) is 156 Å². The summed E-state index contributed by atoms with van der Waals surface area (Å²) < 4.78 is 86.1. The van der Waals surface area contributed by atoms with Gasteiger partial charge in [0.25, 0.3) is 0 Å². The summed E-state index contributed by atoms with van der Waals surface area (Å²) >= 11 is 0. The molecule has 0 heterocycles. The van der Waals surface area contributed by atoms with E-state index >= 15 is 0 Å². The lowest BCUT2D eigenvalue weighted by Crippen LogP contribution is -2.11. The van der Waals surface area contributed by atoms with E-state index < -0.39 is 12.1 Å². The molecule has 0 aromatic heterocycles. The summed E-state index contributed by atoms with van der Waals surface area (Å²) in [5, 5.41) is 6.89. The van der Waals surface area contributed by atoms with Crippen molar-refractivity contribution in [1.82, 2.24) is 0 Å². The Morgan fingerprint density at radius 1 is 0.396 bits per heavy atom. The van der Waals surface area contributed by atoms with Gasteiger partial charge in [-0.25, -0.2) is 0 Å². The van der Waals surface area contributed by atoms with E-state index in [9.17, 15) is 2.74 Å². The van der Waals surface area contributed by atoms with Crippen LogP contribution >= 0.6 is 0 Å². The van der Waals surface area contributed by atoms with Crippen molar-refractivity contribution in [3.63, 3.8) is 0 Å². The average molecular weight is 629 g/mol. The Balaban J connectivity index is 1.56. The van der Waals surface area contributed by atoms with E-state index in [2.05, 4.69) is 84.0 Å². The van der Waals surface area contributed by atoms with Crippen LogP contribution in [-0.4, -0.2) is 0 Å². The van der Waals surface area contributed by atoms with Crippen molar-refractivity contribution in [2.24, 2.45) is 0 Å². The molecule has 234 valence electrons. The Hall–Kier alpha value is -5.20. The van der Waals surface area contributed by atoms with Crippen molar-refractivity contribution >= 4 is 43.1 Å². The van der Waals surface area contributed by atoms with Crippen molar-refractivity contribution in [2.75, 3.05) is 0 Å². The van der Waals surface area contributed by atoms with E-state index in [1.807, 2.05) is 36.4 Å². The standard InChI is InChI=1S/C48H42/c1-47(2,3)35-24-26-40-43(29-35)45(32-17-11-8-12-18-32)39-25-23-36(48(4,5)6)30-44(39)46(40)42-28-34-22-21-33(31-15-9-7-10-16-31)27-41(34)37-19-13-14-20-38(37)42/h7-30H,1-6H3/i7D,8D,9D,10D,11D,12D,15D,16D,17D,18D. The van der Waals surface area contributed by atoms with Gasteiger partial charge in [0.1, 0.15) is 0 Å². The molecule has 8 rings (SSSR count). The van der Waals surface area contributed by atoms with Gasteiger partial charge in [-0.2, -0.15) is 0 Å². The molecule has 0 saturated heterocycles. The molecule has 0 aliphatic rings. The van der Waals surface area contributed by atoms with Crippen LogP contribution in [0.3, 0.4) is 0 Å². The maximum atomic E-state index is 9.17. The molecule has 0 N–H and O–H groups in total. The predicted molar refractivity (Wildman–Crippen MR) is 210 cm³/mol. The molecule has 8 aromatic carbocycles. The van der Waals surface area contributed by atoms with Gasteiger partial charge in [-0.05, 0) is 123 Å². The number of hydrogen-bond acceptors (Lipinski definition) is 0. The molecule has 0 saturated carbocycles.